The molecule has 0 radical (unpaired) electrons. The minimum Gasteiger partial charge on any atom is -0.370 e. The van der Waals surface area contributed by atoms with Crippen molar-refractivity contribution in [2.24, 2.45) is 34.8 Å². The normalized spacial score (nSPS) is 35.1. The van der Waals surface area contributed by atoms with Crippen molar-refractivity contribution < 1.29 is 9.59 Å². The van der Waals surface area contributed by atoms with Crippen molar-refractivity contribution >= 4 is 11.7 Å². The molecule has 5 unspecified atom stereocenters. The molecule has 0 aliphatic heterocycles. The van der Waals surface area contributed by atoms with Crippen LogP contribution in [0.5, 0.6) is 0 Å². The van der Waals surface area contributed by atoms with Gasteiger partial charge in [0.15, 0.2) is 0 Å². The molecule has 1 spiro atoms. The number of fused-ring (bicyclic) bond motifs is 1. The van der Waals surface area contributed by atoms with Gasteiger partial charge in [0, 0.05) is 18.8 Å². The van der Waals surface area contributed by atoms with Crippen LogP contribution >= 0.6 is 0 Å². The molecule has 3 nitrogen and oxygen atoms in total. The number of rotatable bonds is 10. The number of hydrogen-bond acceptors (Lipinski definition) is 2. The standard InChI is InChI=1S/C21H35NO2/c1-2-3-4-5-8-19(23)16(13-20(22)24)12-18-17-10-9-15-7-6-11-21(17,18)14-15/h15-18H,2-14H2,1H3,(H2,22,24). The van der Waals surface area contributed by atoms with Gasteiger partial charge < -0.3 is 5.73 Å². The molecule has 3 aliphatic carbocycles. The smallest absolute Gasteiger partial charge is 0.218 e. The van der Waals surface area contributed by atoms with Crippen LogP contribution in [0, 0.1) is 29.1 Å². The van der Waals surface area contributed by atoms with Gasteiger partial charge in [-0.2, -0.15) is 0 Å². The third kappa shape index (κ3) is 3.70. The molecule has 0 aromatic heterocycles. The molecule has 1 amide bonds. The van der Waals surface area contributed by atoms with Gasteiger partial charge in [-0.05, 0) is 55.3 Å². The van der Waals surface area contributed by atoms with Crippen LogP contribution in [0.2, 0.25) is 0 Å². The van der Waals surface area contributed by atoms with E-state index in [1.807, 2.05) is 0 Å². The lowest BCUT2D eigenvalue weighted by atomic mass is 9.71. The van der Waals surface area contributed by atoms with E-state index in [9.17, 15) is 9.59 Å². The highest BCUT2D eigenvalue weighted by molar-refractivity contribution is 5.86. The fourth-order valence-corrected chi connectivity index (χ4v) is 6.16. The van der Waals surface area contributed by atoms with Crippen molar-refractivity contribution in [3.05, 3.63) is 0 Å². The number of ketones is 1. The Labute approximate surface area is 147 Å². The molecule has 0 aromatic carbocycles. The predicted octanol–water partition coefficient (Wildman–Crippen LogP) is 4.62. The van der Waals surface area contributed by atoms with Gasteiger partial charge in [0.2, 0.25) is 5.91 Å². The lowest BCUT2D eigenvalue weighted by molar-refractivity contribution is -0.128. The SMILES string of the molecule is CCCCCCC(=O)C(CC(N)=O)CC1C2CCC3CCCC21C3. The van der Waals surface area contributed by atoms with Gasteiger partial charge in [-0.15, -0.1) is 0 Å². The maximum absolute atomic E-state index is 12.7. The average Bonchev–Trinajstić information content (AvgIpc) is 3.14. The van der Waals surface area contributed by atoms with E-state index in [-0.39, 0.29) is 18.2 Å². The van der Waals surface area contributed by atoms with Crippen molar-refractivity contribution in [3.8, 4) is 0 Å². The highest BCUT2D eigenvalue weighted by Gasteiger charge is 2.66. The Morgan fingerprint density at radius 1 is 1.17 bits per heavy atom. The molecule has 2 bridgehead atoms. The summed E-state index contributed by atoms with van der Waals surface area (Å²) in [7, 11) is 0. The van der Waals surface area contributed by atoms with Crippen molar-refractivity contribution in [1.29, 1.82) is 0 Å². The van der Waals surface area contributed by atoms with E-state index in [4.69, 9.17) is 5.73 Å². The van der Waals surface area contributed by atoms with Crippen LogP contribution in [0.3, 0.4) is 0 Å². The molecular formula is C21H35NO2. The zero-order valence-corrected chi connectivity index (χ0v) is 15.4. The molecule has 136 valence electrons. The average molecular weight is 334 g/mol. The third-order valence-electron chi connectivity index (χ3n) is 7.38. The Morgan fingerprint density at radius 3 is 2.75 bits per heavy atom. The first kappa shape index (κ1) is 17.9. The lowest BCUT2D eigenvalue weighted by Crippen LogP contribution is -2.25. The Kier molecular flexibility index (Phi) is 5.66. The summed E-state index contributed by atoms with van der Waals surface area (Å²) in [6.45, 7) is 2.18. The van der Waals surface area contributed by atoms with Gasteiger partial charge in [-0.1, -0.05) is 45.4 Å². The Morgan fingerprint density at radius 2 is 2.00 bits per heavy atom. The fraction of sp³-hybridized carbons (Fsp3) is 0.905. The van der Waals surface area contributed by atoms with Crippen LogP contribution in [-0.4, -0.2) is 11.7 Å². The number of carbonyl (C=O) groups excluding carboxylic acids is 2. The number of primary amides is 1. The van der Waals surface area contributed by atoms with Crippen LogP contribution in [-0.2, 0) is 9.59 Å². The minimum absolute atomic E-state index is 0.102. The number of carbonyl (C=O) groups is 2. The monoisotopic (exact) mass is 333 g/mol. The van der Waals surface area contributed by atoms with Crippen molar-refractivity contribution in [2.75, 3.05) is 0 Å². The largest absolute Gasteiger partial charge is 0.370 e. The topological polar surface area (TPSA) is 60.2 Å². The zero-order chi connectivity index (χ0) is 17.2. The number of nitrogens with two attached hydrogens (primary N) is 1. The summed E-state index contributed by atoms with van der Waals surface area (Å²) in [5, 5.41) is 0. The Bertz CT molecular complexity index is 474. The summed E-state index contributed by atoms with van der Waals surface area (Å²) in [5.41, 5.74) is 6.01. The molecule has 24 heavy (non-hydrogen) atoms. The summed E-state index contributed by atoms with van der Waals surface area (Å²) in [5.74, 6) is 2.39. The van der Waals surface area contributed by atoms with Crippen LogP contribution in [0.25, 0.3) is 0 Å². The second-order valence-corrected chi connectivity index (χ2v) is 8.87. The molecule has 0 heterocycles. The molecule has 3 rings (SSSR count). The van der Waals surface area contributed by atoms with Gasteiger partial charge in [-0.3, -0.25) is 9.59 Å². The Hall–Kier alpha value is -0.860. The maximum Gasteiger partial charge on any atom is 0.218 e. The quantitative estimate of drug-likeness (QED) is 0.593. The van der Waals surface area contributed by atoms with E-state index in [1.54, 1.807) is 0 Å². The van der Waals surface area contributed by atoms with Gasteiger partial charge in [0.05, 0.1) is 0 Å². The van der Waals surface area contributed by atoms with Crippen molar-refractivity contribution in [2.45, 2.75) is 90.4 Å². The minimum atomic E-state index is -0.301. The zero-order valence-electron chi connectivity index (χ0n) is 15.4. The maximum atomic E-state index is 12.7. The van der Waals surface area contributed by atoms with E-state index >= 15 is 0 Å². The molecule has 0 aromatic rings. The summed E-state index contributed by atoms with van der Waals surface area (Å²) in [6, 6.07) is 0. The first-order valence-electron chi connectivity index (χ1n) is 10.4. The number of Topliss-reactive ketones (excluding diaryl/α,β-unsaturated/α-hetero) is 1. The van der Waals surface area contributed by atoms with Crippen LogP contribution in [0.4, 0.5) is 0 Å². The molecule has 5 atom stereocenters. The van der Waals surface area contributed by atoms with Crippen LogP contribution < -0.4 is 5.73 Å². The fourth-order valence-electron chi connectivity index (χ4n) is 6.16. The van der Waals surface area contributed by atoms with E-state index < -0.39 is 0 Å². The van der Waals surface area contributed by atoms with Crippen LogP contribution in [0.15, 0.2) is 0 Å². The number of hydrogen-bond donors (Lipinski definition) is 1. The molecule has 3 heteroatoms. The van der Waals surface area contributed by atoms with Crippen molar-refractivity contribution in [3.63, 3.8) is 0 Å². The lowest BCUT2D eigenvalue weighted by Gasteiger charge is -2.34. The third-order valence-corrected chi connectivity index (χ3v) is 7.38. The first-order chi connectivity index (χ1) is 11.6. The summed E-state index contributed by atoms with van der Waals surface area (Å²) < 4.78 is 0. The number of amides is 1. The van der Waals surface area contributed by atoms with Crippen molar-refractivity contribution in [1.82, 2.24) is 0 Å². The van der Waals surface area contributed by atoms with E-state index in [0.717, 1.165) is 31.1 Å². The van der Waals surface area contributed by atoms with Gasteiger partial charge in [-0.25, -0.2) is 0 Å². The highest BCUT2D eigenvalue weighted by Crippen LogP contribution is 2.73. The molecule has 3 saturated carbocycles. The second-order valence-electron chi connectivity index (χ2n) is 8.87. The predicted molar refractivity (Wildman–Crippen MR) is 96.3 cm³/mol. The Balaban J connectivity index is 1.56. The summed E-state index contributed by atoms with van der Waals surface area (Å²) in [4.78, 5) is 24.2. The molecule has 3 aliphatic rings. The van der Waals surface area contributed by atoms with E-state index in [0.29, 0.717) is 23.5 Å². The van der Waals surface area contributed by atoms with E-state index in [1.165, 1.54) is 51.4 Å². The summed E-state index contributed by atoms with van der Waals surface area (Å²) >= 11 is 0. The molecular weight excluding hydrogens is 298 g/mol. The van der Waals surface area contributed by atoms with Gasteiger partial charge in [0.1, 0.15) is 5.78 Å². The van der Waals surface area contributed by atoms with Gasteiger partial charge >= 0.3 is 0 Å². The van der Waals surface area contributed by atoms with E-state index in [2.05, 4.69) is 6.92 Å². The molecule has 2 N–H and O–H groups in total. The molecule has 3 fully saturated rings. The summed E-state index contributed by atoms with van der Waals surface area (Å²) in [6.07, 6.45) is 14.7. The first-order valence-corrected chi connectivity index (χ1v) is 10.4. The second kappa shape index (κ2) is 7.58. The number of unbranched alkanes of at least 4 members (excludes halogenated alkanes) is 3. The highest BCUT2D eigenvalue weighted by atomic mass is 16.1. The molecule has 0 saturated heterocycles. The van der Waals surface area contributed by atoms with Gasteiger partial charge in [0.25, 0.3) is 0 Å². The van der Waals surface area contributed by atoms with Crippen LogP contribution in [0.1, 0.15) is 90.4 Å².